The van der Waals surface area contributed by atoms with E-state index in [1.54, 1.807) is 6.33 Å². The van der Waals surface area contributed by atoms with Gasteiger partial charge in [-0.05, 0) is 13.3 Å². The summed E-state index contributed by atoms with van der Waals surface area (Å²) in [6, 6.07) is 2.00. The van der Waals surface area contributed by atoms with E-state index in [1.165, 1.54) is 0 Å². The highest BCUT2D eigenvalue weighted by atomic mass is 16.5. The van der Waals surface area contributed by atoms with Gasteiger partial charge in [0.1, 0.15) is 5.82 Å². The molecule has 0 aliphatic carbocycles. The van der Waals surface area contributed by atoms with Gasteiger partial charge >= 0.3 is 0 Å². The Morgan fingerprint density at radius 3 is 2.96 bits per heavy atom. The van der Waals surface area contributed by atoms with Crippen LogP contribution in [-0.2, 0) is 11.3 Å². The Kier molecular flexibility index (Phi) is 4.07. The van der Waals surface area contributed by atoms with Gasteiger partial charge in [0, 0.05) is 37.4 Å². The number of aromatic amines is 1. The van der Waals surface area contributed by atoms with Gasteiger partial charge in [-0.1, -0.05) is 0 Å². The normalized spacial score (nSPS) is 21.1. The van der Waals surface area contributed by atoms with Crippen molar-refractivity contribution in [1.82, 2.24) is 19.9 Å². The van der Waals surface area contributed by atoms with Crippen molar-refractivity contribution in [3.8, 4) is 0 Å². The second kappa shape index (κ2) is 6.37. The first-order valence-electron chi connectivity index (χ1n) is 8.31. The Bertz CT molecular complexity index is 706. The molecule has 4 heterocycles. The minimum Gasteiger partial charge on any atom is -0.389 e. The fourth-order valence-electron chi connectivity index (χ4n) is 3.02. The first-order chi connectivity index (χ1) is 11.7. The molecule has 128 valence electrons. The Morgan fingerprint density at radius 1 is 1.42 bits per heavy atom. The first-order valence-corrected chi connectivity index (χ1v) is 8.31. The molecule has 3 N–H and O–H groups in total. The number of aryl methyl sites for hydroxylation is 1. The van der Waals surface area contributed by atoms with Crippen LogP contribution in [-0.4, -0.2) is 57.4 Å². The van der Waals surface area contributed by atoms with Crippen LogP contribution in [0, 0.1) is 6.92 Å². The summed E-state index contributed by atoms with van der Waals surface area (Å²) in [5, 5.41) is 12.9. The number of nitrogens with one attached hydrogen (secondary N) is 2. The third-order valence-electron chi connectivity index (χ3n) is 4.60. The molecule has 2 aromatic heterocycles. The zero-order valence-corrected chi connectivity index (χ0v) is 13.7. The molecular weight excluding hydrogens is 308 g/mol. The smallest absolute Gasteiger partial charge is 0.227 e. The maximum absolute atomic E-state index is 9.54. The molecule has 0 bridgehead atoms. The molecule has 1 atom stereocenters. The van der Waals surface area contributed by atoms with Crippen LogP contribution in [0.2, 0.25) is 0 Å². The Morgan fingerprint density at radius 2 is 2.29 bits per heavy atom. The third kappa shape index (κ3) is 3.07. The quantitative estimate of drug-likeness (QED) is 0.746. The molecule has 2 aliphatic heterocycles. The summed E-state index contributed by atoms with van der Waals surface area (Å²) >= 11 is 0. The van der Waals surface area contributed by atoms with Crippen molar-refractivity contribution in [3.05, 3.63) is 29.5 Å². The predicted octanol–water partition coefficient (Wildman–Crippen LogP) is 0.805. The predicted molar refractivity (Wildman–Crippen MR) is 89.1 cm³/mol. The fraction of sp³-hybridized carbons (Fsp3) is 0.562. The SMILES string of the molecule is Cc1[nH]cnc1CNc1cc(C2CCOC2)nc(N2CC(O)C2)n1. The van der Waals surface area contributed by atoms with Crippen LogP contribution in [0.3, 0.4) is 0 Å². The van der Waals surface area contributed by atoms with Gasteiger partial charge in [0.05, 0.1) is 37.0 Å². The molecule has 2 saturated heterocycles. The van der Waals surface area contributed by atoms with E-state index in [1.807, 2.05) is 17.9 Å². The first kappa shape index (κ1) is 15.3. The van der Waals surface area contributed by atoms with Crippen LogP contribution in [0.25, 0.3) is 0 Å². The van der Waals surface area contributed by atoms with E-state index in [-0.39, 0.29) is 6.10 Å². The molecule has 0 radical (unpaired) electrons. The molecule has 2 aromatic rings. The lowest BCUT2D eigenvalue weighted by Gasteiger charge is -2.36. The summed E-state index contributed by atoms with van der Waals surface area (Å²) in [4.78, 5) is 18.7. The van der Waals surface area contributed by atoms with Crippen molar-refractivity contribution in [2.24, 2.45) is 0 Å². The van der Waals surface area contributed by atoms with E-state index in [2.05, 4.69) is 20.3 Å². The number of rotatable bonds is 5. The number of aliphatic hydroxyl groups is 1. The minimum atomic E-state index is -0.282. The number of aromatic nitrogens is 4. The number of β-amino-alcohol motifs (C(OH)–C–C–N with tert-alkyl or cyclic N) is 1. The van der Waals surface area contributed by atoms with Crippen LogP contribution < -0.4 is 10.2 Å². The Hall–Kier alpha value is -2.19. The lowest BCUT2D eigenvalue weighted by molar-refractivity contribution is 0.140. The number of hydrogen-bond acceptors (Lipinski definition) is 7. The van der Waals surface area contributed by atoms with Crippen LogP contribution in [0.4, 0.5) is 11.8 Å². The van der Waals surface area contributed by atoms with Crippen LogP contribution in [0.15, 0.2) is 12.4 Å². The molecule has 0 aromatic carbocycles. The Balaban J connectivity index is 1.56. The lowest BCUT2D eigenvalue weighted by Crippen LogP contribution is -2.51. The van der Waals surface area contributed by atoms with Gasteiger partial charge in [0.2, 0.25) is 5.95 Å². The molecule has 2 fully saturated rings. The molecule has 4 rings (SSSR count). The average Bonchev–Trinajstić information content (AvgIpc) is 3.21. The highest BCUT2D eigenvalue weighted by Gasteiger charge is 2.28. The van der Waals surface area contributed by atoms with Crippen LogP contribution in [0.5, 0.6) is 0 Å². The van der Waals surface area contributed by atoms with E-state index < -0.39 is 0 Å². The summed E-state index contributed by atoms with van der Waals surface area (Å²) in [5.74, 6) is 1.77. The van der Waals surface area contributed by atoms with E-state index in [4.69, 9.17) is 9.72 Å². The molecule has 1 unspecified atom stereocenters. The topological polar surface area (TPSA) is 99.2 Å². The highest BCUT2D eigenvalue weighted by Crippen LogP contribution is 2.28. The molecule has 0 spiro atoms. The molecule has 2 aliphatic rings. The van der Waals surface area contributed by atoms with Crippen molar-refractivity contribution < 1.29 is 9.84 Å². The maximum atomic E-state index is 9.54. The van der Waals surface area contributed by atoms with Gasteiger partial charge in [-0.25, -0.2) is 9.97 Å². The number of H-pyrrole nitrogens is 1. The van der Waals surface area contributed by atoms with E-state index in [9.17, 15) is 5.11 Å². The van der Waals surface area contributed by atoms with Crippen LogP contribution in [0.1, 0.15) is 29.4 Å². The van der Waals surface area contributed by atoms with Crippen molar-refractivity contribution >= 4 is 11.8 Å². The molecule has 8 nitrogen and oxygen atoms in total. The molecule has 0 saturated carbocycles. The number of imidazole rings is 1. The average molecular weight is 330 g/mol. The summed E-state index contributed by atoms with van der Waals surface area (Å²) in [5.41, 5.74) is 3.02. The number of hydrogen-bond donors (Lipinski definition) is 3. The van der Waals surface area contributed by atoms with Crippen molar-refractivity contribution in [3.63, 3.8) is 0 Å². The second-order valence-electron chi connectivity index (χ2n) is 6.43. The molecule has 24 heavy (non-hydrogen) atoms. The number of nitrogens with zero attached hydrogens (tertiary/aromatic N) is 4. The van der Waals surface area contributed by atoms with E-state index in [0.29, 0.717) is 38.1 Å². The van der Waals surface area contributed by atoms with Gasteiger partial charge in [0.15, 0.2) is 0 Å². The Labute approximate surface area is 140 Å². The summed E-state index contributed by atoms with van der Waals surface area (Å²) in [6.07, 6.45) is 2.40. The standard InChI is InChI=1S/C16H22N6O2/c1-10-14(19-9-18-10)5-17-15-4-13(11-2-3-24-8-11)20-16(21-15)22-6-12(23)7-22/h4,9,11-12,23H,2-3,5-8H2,1H3,(H,18,19)(H,17,20,21). The summed E-state index contributed by atoms with van der Waals surface area (Å²) in [7, 11) is 0. The van der Waals surface area contributed by atoms with Gasteiger partial charge < -0.3 is 25.0 Å². The monoisotopic (exact) mass is 330 g/mol. The van der Waals surface area contributed by atoms with Gasteiger partial charge in [-0.2, -0.15) is 4.98 Å². The van der Waals surface area contributed by atoms with Crippen LogP contribution >= 0.6 is 0 Å². The zero-order chi connectivity index (χ0) is 16.5. The second-order valence-corrected chi connectivity index (χ2v) is 6.43. The van der Waals surface area contributed by atoms with Gasteiger partial charge in [0.25, 0.3) is 0 Å². The van der Waals surface area contributed by atoms with E-state index in [0.717, 1.165) is 35.9 Å². The lowest BCUT2D eigenvalue weighted by atomic mass is 10.0. The highest BCUT2D eigenvalue weighted by molar-refractivity contribution is 5.46. The maximum Gasteiger partial charge on any atom is 0.227 e. The number of ether oxygens (including phenoxy) is 1. The number of anilines is 2. The molecular formula is C16H22N6O2. The zero-order valence-electron chi connectivity index (χ0n) is 13.7. The van der Waals surface area contributed by atoms with Crippen molar-refractivity contribution in [2.75, 3.05) is 36.5 Å². The van der Waals surface area contributed by atoms with Crippen molar-refractivity contribution in [2.45, 2.75) is 31.9 Å². The summed E-state index contributed by atoms with van der Waals surface area (Å²) < 4.78 is 5.50. The van der Waals surface area contributed by atoms with Gasteiger partial charge in [-0.15, -0.1) is 0 Å². The third-order valence-corrected chi connectivity index (χ3v) is 4.60. The van der Waals surface area contributed by atoms with E-state index >= 15 is 0 Å². The minimum absolute atomic E-state index is 0.282. The van der Waals surface area contributed by atoms with Crippen molar-refractivity contribution in [1.29, 1.82) is 0 Å². The number of aliphatic hydroxyl groups excluding tert-OH is 1. The largest absolute Gasteiger partial charge is 0.389 e. The summed E-state index contributed by atoms with van der Waals surface area (Å²) in [6.45, 7) is 5.26. The molecule has 0 amide bonds. The molecule has 8 heteroatoms. The fourth-order valence-corrected chi connectivity index (χ4v) is 3.02. The van der Waals surface area contributed by atoms with Gasteiger partial charge in [-0.3, -0.25) is 0 Å².